The predicted molar refractivity (Wildman–Crippen MR) is 56.9 cm³/mol. The van der Waals surface area contributed by atoms with Gasteiger partial charge in [-0.1, -0.05) is 30.3 Å². The summed E-state index contributed by atoms with van der Waals surface area (Å²) >= 11 is 4.35. The second-order valence-corrected chi connectivity index (χ2v) is 3.22. The minimum absolute atomic E-state index is 0.911. The summed E-state index contributed by atoms with van der Waals surface area (Å²) in [7, 11) is 0. The summed E-state index contributed by atoms with van der Waals surface area (Å²) in [5, 5.41) is 0. The number of thiol groups is 1. The Labute approximate surface area is 82.9 Å². The van der Waals surface area contributed by atoms with Crippen molar-refractivity contribution >= 4 is 12.6 Å². The fourth-order valence-corrected chi connectivity index (χ4v) is 1.49. The third-order valence-corrected chi connectivity index (χ3v) is 2.19. The molecule has 0 unspecified atom stereocenters. The van der Waals surface area contributed by atoms with E-state index >= 15 is 0 Å². The topological polar surface area (TPSA) is 12.9 Å². The number of hydrogen-bond donors (Lipinski definition) is 1. The molecule has 0 aliphatic rings. The number of nitrogens with zero attached hydrogens (tertiary/aromatic N) is 1. The van der Waals surface area contributed by atoms with E-state index in [0.29, 0.717) is 0 Å². The molecule has 13 heavy (non-hydrogen) atoms. The van der Waals surface area contributed by atoms with Crippen molar-refractivity contribution in [3.8, 4) is 11.3 Å². The van der Waals surface area contributed by atoms with E-state index in [-0.39, 0.29) is 0 Å². The number of hydrogen-bond acceptors (Lipinski definition) is 2. The molecular weight excluding hydrogens is 178 g/mol. The van der Waals surface area contributed by atoms with Gasteiger partial charge >= 0.3 is 0 Å². The van der Waals surface area contributed by atoms with Crippen LogP contribution >= 0.6 is 12.6 Å². The van der Waals surface area contributed by atoms with Crippen molar-refractivity contribution in [1.29, 1.82) is 0 Å². The minimum Gasteiger partial charge on any atom is -0.255 e. The highest BCUT2D eigenvalue weighted by Crippen LogP contribution is 2.22. The van der Waals surface area contributed by atoms with E-state index < -0.39 is 0 Å². The molecule has 0 N–H and O–H groups in total. The highest BCUT2D eigenvalue weighted by Gasteiger charge is 2.00. The van der Waals surface area contributed by atoms with Crippen molar-refractivity contribution in [1.82, 2.24) is 4.98 Å². The maximum Gasteiger partial charge on any atom is 0.0835 e. The van der Waals surface area contributed by atoms with Crippen molar-refractivity contribution in [3.05, 3.63) is 48.7 Å². The summed E-state index contributed by atoms with van der Waals surface area (Å²) in [4.78, 5) is 5.18. The van der Waals surface area contributed by atoms with Gasteiger partial charge in [0, 0.05) is 16.7 Å². The van der Waals surface area contributed by atoms with E-state index in [1.807, 2.05) is 42.5 Å². The van der Waals surface area contributed by atoms with Gasteiger partial charge in [-0.3, -0.25) is 4.98 Å². The van der Waals surface area contributed by atoms with Crippen LogP contribution < -0.4 is 0 Å². The molecule has 0 aliphatic carbocycles. The average molecular weight is 187 g/mol. The van der Waals surface area contributed by atoms with Crippen molar-refractivity contribution in [3.63, 3.8) is 0 Å². The Kier molecular flexibility index (Phi) is 2.32. The molecule has 1 aromatic carbocycles. The van der Waals surface area contributed by atoms with Crippen molar-refractivity contribution in [2.75, 3.05) is 0 Å². The smallest absolute Gasteiger partial charge is 0.0835 e. The molecule has 0 saturated carbocycles. The van der Waals surface area contributed by atoms with Gasteiger partial charge in [0.25, 0.3) is 0 Å². The summed E-state index contributed by atoms with van der Waals surface area (Å²) in [5.74, 6) is 0. The first-order valence-electron chi connectivity index (χ1n) is 4.07. The molecule has 0 fully saturated rings. The fraction of sp³-hybridized carbons (Fsp3) is 0. The maximum absolute atomic E-state index is 4.35. The third-order valence-electron chi connectivity index (χ3n) is 1.83. The molecule has 1 heterocycles. The summed E-state index contributed by atoms with van der Waals surface area (Å²) in [5.41, 5.74) is 2.04. The van der Waals surface area contributed by atoms with Gasteiger partial charge in [0.1, 0.15) is 0 Å². The van der Waals surface area contributed by atoms with E-state index in [2.05, 4.69) is 17.6 Å². The Morgan fingerprint density at radius 1 is 0.923 bits per heavy atom. The Morgan fingerprint density at radius 2 is 1.69 bits per heavy atom. The highest BCUT2D eigenvalue weighted by atomic mass is 32.1. The molecule has 2 heteroatoms. The molecule has 0 atom stereocenters. The van der Waals surface area contributed by atoms with Gasteiger partial charge in [-0.15, -0.1) is 12.6 Å². The van der Waals surface area contributed by atoms with Gasteiger partial charge in [0.2, 0.25) is 0 Å². The van der Waals surface area contributed by atoms with Crippen LogP contribution in [0.1, 0.15) is 0 Å². The molecule has 2 rings (SSSR count). The molecule has 0 bridgehead atoms. The van der Waals surface area contributed by atoms with Gasteiger partial charge in [-0.2, -0.15) is 0 Å². The molecular formula is C11H9NS. The fourth-order valence-electron chi connectivity index (χ4n) is 1.22. The van der Waals surface area contributed by atoms with Crippen LogP contribution in [0, 0.1) is 0 Å². The van der Waals surface area contributed by atoms with E-state index in [4.69, 9.17) is 0 Å². The van der Waals surface area contributed by atoms with Crippen LogP contribution in [0.3, 0.4) is 0 Å². The highest BCUT2D eigenvalue weighted by molar-refractivity contribution is 7.80. The van der Waals surface area contributed by atoms with Crippen LogP contribution in [0.4, 0.5) is 0 Å². The molecule has 0 amide bonds. The van der Waals surface area contributed by atoms with Gasteiger partial charge < -0.3 is 0 Å². The van der Waals surface area contributed by atoms with Crippen LogP contribution in [0.2, 0.25) is 0 Å². The summed E-state index contributed by atoms with van der Waals surface area (Å²) < 4.78 is 0. The minimum atomic E-state index is 0.911. The number of pyridine rings is 1. The summed E-state index contributed by atoms with van der Waals surface area (Å²) in [6, 6.07) is 13.9. The van der Waals surface area contributed by atoms with Crippen LogP contribution in [-0.4, -0.2) is 4.98 Å². The lowest BCUT2D eigenvalue weighted by Crippen LogP contribution is -1.83. The monoisotopic (exact) mass is 187 g/mol. The summed E-state index contributed by atoms with van der Waals surface area (Å²) in [6.45, 7) is 0. The zero-order valence-electron chi connectivity index (χ0n) is 7.01. The van der Waals surface area contributed by atoms with Crippen LogP contribution in [0.25, 0.3) is 11.3 Å². The molecule has 0 spiro atoms. The quantitative estimate of drug-likeness (QED) is 0.677. The van der Waals surface area contributed by atoms with Crippen LogP contribution in [0.15, 0.2) is 53.6 Å². The third kappa shape index (κ3) is 1.73. The Balaban J connectivity index is 2.54. The number of rotatable bonds is 1. The average Bonchev–Trinajstić information content (AvgIpc) is 2.20. The zero-order valence-corrected chi connectivity index (χ0v) is 7.91. The van der Waals surface area contributed by atoms with E-state index in [9.17, 15) is 0 Å². The van der Waals surface area contributed by atoms with Crippen molar-refractivity contribution in [2.45, 2.75) is 4.90 Å². The van der Waals surface area contributed by atoms with Gasteiger partial charge in [0.05, 0.1) is 5.69 Å². The number of benzene rings is 1. The van der Waals surface area contributed by atoms with Gasteiger partial charge in [-0.25, -0.2) is 0 Å². The number of aromatic nitrogens is 1. The first kappa shape index (κ1) is 8.32. The van der Waals surface area contributed by atoms with E-state index in [0.717, 1.165) is 16.2 Å². The van der Waals surface area contributed by atoms with Crippen molar-refractivity contribution in [2.24, 2.45) is 0 Å². The molecule has 2 aromatic rings. The molecule has 1 nitrogen and oxygen atoms in total. The van der Waals surface area contributed by atoms with E-state index in [1.54, 1.807) is 6.20 Å². The summed E-state index contributed by atoms with van der Waals surface area (Å²) in [6.07, 6.45) is 1.78. The Hall–Kier alpha value is -1.28. The lowest BCUT2D eigenvalue weighted by molar-refractivity contribution is 1.25. The second kappa shape index (κ2) is 3.62. The van der Waals surface area contributed by atoms with Gasteiger partial charge in [0.15, 0.2) is 0 Å². The first-order valence-corrected chi connectivity index (χ1v) is 4.52. The molecule has 64 valence electrons. The van der Waals surface area contributed by atoms with Crippen LogP contribution in [0.5, 0.6) is 0 Å². The van der Waals surface area contributed by atoms with Crippen LogP contribution in [-0.2, 0) is 0 Å². The predicted octanol–water partition coefficient (Wildman–Crippen LogP) is 3.04. The SMILES string of the molecule is Sc1cccnc1-c1ccccc1. The molecule has 0 radical (unpaired) electrons. The lowest BCUT2D eigenvalue weighted by atomic mass is 10.1. The molecule has 1 aromatic heterocycles. The Morgan fingerprint density at radius 3 is 2.38 bits per heavy atom. The lowest BCUT2D eigenvalue weighted by Gasteiger charge is -2.02. The van der Waals surface area contributed by atoms with Gasteiger partial charge in [-0.05, 0) is 12.1 Å². The zero-order chi connectivity index (χ0) is 9.10. The molecule has 0 aliphatic heterocycles. The van der Waals surface area contributed by atoms with E-state index in [1.165, 1.54) is 0 Å². The standard InChI is InChI=1S/C11H9NS/c13-10-7-4-8-12-11(10)9-5-2-1-3-6-9/h1-8,13H. The van der Waals surface area contributed by atoms with Crippen molar-refractivity contribution < 1.29 is 0 Å². The Bertz CT molecular complexity index is 398. The maximum atomic E-state index is 4.35. The first-order chi connectivity index (χ1) is 6.38. The molecule has 0 saturated heterocycles. The largest absolute Gasteiger partial charge is 0.255 e. The second-order valence-electron chi connectivity index (χ2n) is 2.74. The normalized spacial score (nSPS) is 9.92.